The molecule has 6 heteroatoms. The summed E-state index contributed by atoms with van der Waals surface area (Å²) in [4.78, 5) is 13.8. The summed E-state index contributed by atoms with van der Waals surface area (Å²) in [6.07, 6.45) is 2.69. The maximum absolute atomic E-state index is 14.2. The van der Waals surface area contributed by atoms with E-state index in [-0.39, 0.29) is 24.2 Å². The van der Waals surface area contributed by atoms with Crippen molar-refractivity contribution >= 4 is 5.91 Å². The number of rotatable bonds is 4. The van der Waals surface area contributed by atoms with Crippen LogP contribution >= 0.6 is 0 Å². The van der Waals surface area contributed by atoms with Crippen molar-refractivity contribution in [2.24, 2.45) is 0 Å². The van der Waals surface area contributed by atoms with E-state index < -0.39 is 11.6 Å². The minimum absolute atomic E-state index is 0.0656. The highest BCUT2D eigenvalue weighted by atomic mass is 19.1. The van der Waals surface area contributed by atoms with Crippen LogP contribution in [0.3, 0.4) is 0 Å². The van der Waals surface area contributed by atoms with Gasteiger partial charge in [0.1, 0.15) is 0 Å². The number of ether oxygens (including phenoxy) is 1. The standard InChI is InChI=1S/C15H20F2N2O2/c1-18-15(20)12-5-3-4-8-19(12)9-10-6-7-11(16)14(21-2)13(10)17/h6-7,12H,3-5,8-9H2,1-2H3,(H,18,20). The first-order valence-electron chi connectivity index (χ1n) is 7.05. The van der Waals surface area contributed by atoms with Gasteiger partial charge in [-0.2, -0.15) is 0 Å². The zero-order valence-electron chi connectivity index (χ0n) is 12.3. The molecule has 1 atom stereocenters. The lowest BCUT2D eigenvalue weighted by Crippen LogP contribution is -2.48. The fraction of sp³-hybridized carbons (Fsp3) is 0.533. The monoisotopic (exact) mass is 298 g/mol. The van der Waals surface area contributed by atoms with Crippen LogP contribution in [0.2, 0.25) is 0 Å². The number of methoxy groups -OCH3 is 1. The number of carbonyl (C=O) groups excluding carboxylic acids is 1. The third-order valence-corrected chi connectivity index (χ3v) is 3.87. The van der Waals surface area contributed by atoms with Crippen LogP contribution in [0.25, 0.3) is 0 Å². The van der Waals surface area contributed by atoms with E-state index >= 15 is 0 Å². The first-order valence-corrected chi connectivity index (χ1v) is 7.05. The number of amides is 1. The Morgan fingerprint density at radius 3 is 2.86 bits per heavy atom. The van der Waals surface area contributed by atoms with Gasteiger partial charge in [-0.25, -0.2) is 8.78 Å². The summed E-state index contributed by atoms with van der Waals surface area (Å²) < 4.78 is 32.4. The van der Waals surface area contributed by atoms with E-state index in [0.29, 0.717) is 5.56 Å². The van der Waals surface area contributed by atoms with E-state index in [4.69, 9.17) is 4.74 Å². The fourth-order valence-electron chi connectivity index (χ4n) is 2.75. The minimum atomic E-state index is -0.722. The predicted molar refractivity (Wildman–Crippen MR) is 75.0 cm³/mol. The van der Waals surface area contributed by atoms with Gasteiger partial charge in [0.05, 0.1) is 13.2 Å². The van der Waals surface area contributed by atoms with Gasteiger partial charge in [0.25, 0.3) is 0 Å². The summed E-state index contributed by atoms with van der Waals surface area (Å²) in [5.74, 6) is -1.86. The molecular formula is C15H20F2N2O2. The first kappa shape index (κ1) is 15.7. The van der Waals surface area contributed by atoms with Crippen molar-refractivity contribution in [2.45, 2.75) is 31.8 Å². The topological polar surface area (TPSA) is 41.6 Å². The Morgan fingerprint density at radius 1 is 1.43 bits per heavy atom. The molecule has 116 valence electrons. The Morgan fingerprint density at radius 2 is 2.19 bits per heavy atom. The molecule has 0 aromatic heterocycles. The average Bonchev–Trinajstić information content (AvgIpc) is 2.50. The number of hydrogen-bond acceptors (Lipinski definition) is 3. The smallest absolute Gasteiger partial charge is 0.237 e. The van der Waals surface area contributed by atoms with Gasteiger partial charge >= 0.3 is 0 Å². The maximum atomic E-state index is 14.2. The van der Waals surface area contributed by atoms with Gasteiger partial charge in [0.15, 0.2) is 17.4 Å². The summed E-state index contributed by atoms with van der Waals surface area (Å²) in [5.41, 5.74) is 0.337. The zero-order valence-corrected chi connectivity index (χ0v) is 12.3. The van der Waals surface area contributed by atoms with Crippen molar-refractivity contribution in [3.8, 4) is 5.75 Å². The minimum Gasteiger partial charge on any atom is -0.491 e. The van der Waals surface area contributed by atoms with E-state index in [0.717, 1.165) is 25.8 Å². The normalized spacial score (nSPS) is 19.3. The highest BCUT2D eigenvalue weighted by Crippen LogP contribution is 2.27. The molecule has 1 amide bonds. The second-order valence-corrected chi connectivity index (χ2v) is 5.15. The van der Waals surface area contributed by atoms with Crippen LogP contribution in [-0.4, -0.2) is 37.6 Å². The number of carbonyl (C=O) groups is 1. The Balaban J connectivity index is 2.21. The van der Waals surface area contributed by atoms with Crippen molar-refractivity contribution in [3.05, 3.63) is 29.3 Å². The quantitative estimate of drug-likeness (QED) is 0.925. The molecule has 0 bridgehead atoms. The molecule has 4 nitrogen and oxygen atoms in total. The van der Waals surface area contributed by atoms with E-state index in [2.05, 4.69) is 5.32 Å². The largest absolute Gasteiger partial charge is 0.491 e. The molecule has 1 aliphatic heterocycles. The molecule has 0 aliphatic carbocycles. The molecule has 2 rings (SSSR count). The molecule has 1 aromatic rings. The average molecular weight is 298 g/mol. The lowest BCUT2D eigenvalue weighted by atomic mass is 10.00. The van der Waals surface area contributed by atoms with E-state index in [1.165, 1.54) is 19.2 Å². The molecule has 1 aromatic carbocycles. The first-order chi connectivity index (χ1) is 10.1. The Hall–Kier alpha value is -1.69. The van der Waals surface area contributed by atoms with Gasteiger partial charge in [0.2, 0.25) is 5.91 Å². The van der Waals surface area contributed by atoms with Gasteiger partial charge < -0.3 is 10.1 Å². The molecular weight excluding hydrogens is 278 g/mol. The lowest BCUT2D eigenvalue weighted by molar-refractivity contribution is -0.127. The third-order valence-electron chi connectivity index (χ3n) is 3.87. The van der Waals surface area contributed by atoms with E-state index in [1.807, 2.05) is 4.90 Å². The van der Waals surface area contributed by atoms with Crippen molar-refractivity contribution in [1.29, 1.82) is 0 Å². The molecule has 1 saturated heterocycles. The second-order valence-electron chi connectivity index (χ2n) is 5.15. The summed E-state index contributed by atoms with van der Waals surface area (Å²) in [6, 6.07) is 2.33. The molecule has 1 N–H and O–H groups in total. The van der Waals surface area contributed by atoms with Crippen LogP contribution in [0, 0.1) is 11.6 Å². The van der Waals surface area contributed by atoms with E-state index in [1.54, 1.807) is 7.05 Å². The van der Waals surface area contributed by atoms with Gasteiger partial charge in [-0.05, 0) is 25.5 Å². The molecule has 1 aliphatic rings. The number of likely N-dealkylation sites (tertiary alicyclic amines) is 1. The summed E-state index contributed by atoms with van der Waals surface area (Å²) >= 11 is 0. The van der Waals surface area contributed by atoms with Crippen LogP contribution in [0.15, 0.2) is 12.1 Å². The highest BCUT2D eigenvalue weighted by molar-refractivity contribution is 5.81. The molecule has 1 heterocycles. The Labute approximate surface area is 123 Å². The van der Waals surface area contributed by atoms with Crippen molar-refractivity contribution in [1.82, 2.24) is 10.2 Å². The SMILES string of the molecule is CNC(=O)C1CCCCN1Cc1ccc(F)c(OC)c1F. The number of benzene rings is 1. The zero-order chi connectivity index (χ0) is 15.4. The molecule has 0 spiro atoms. The molecule has 1 fully saturated rings. The number of nitrogens with one attached hydrogen (secondary N) is 1. The summed E-state index contributed by atoms with van der Waals surface area (Å²) in [7, 11) is 2.83. The third kappa shape index (κ3) is 3.32. The number of hydrogen-bond donors (Lipinski definition) is 1. The number of halogens is 2. The number of likely N-dealkylation sites (N-methyl/N-ethyl adjacent to an activating group) is 1. The van der Waals surface area contributed by atoms with Crippen molar-refractivity contribution < 1.29 is 18.3 Å². The van der Waals surface area contributed by atoms with Crippen molar-refractivity contribution in [3.63, 3.8) is 0 Å². The molecule has 0 radical (unpaired) electrons. The van der Waals surface area contributed by atoms with Crippen LogP contribution < -0.4 is 10.1 Å². The maximum Gasteiger partial charge on any atom is 0.237 e. The Bertz CT molecular complexity index is 523. The fourth-order valence-corrected chi connectivity index (χ4v) is 2.75. The van der Waals surface area contributed by atoms with Crippen LogP contribution in [-0.2, 0) is 11.3 Å². The molecule has 1 unspecified atom stereocenters. The molecule has 21 heavy (non-hydrogen) atoms. The number of piperidine rings is 1. The highest BCUT2D eigenvalue weighted by Gasteiger charge is 2.29. The Kier molecular flexibility index (Phi) is 5.12. The van der Waals surface area contributed by atoms with Crippen molar-refractivity contribution in [2.75, 3.05) is 20.7 Å². The molecule has 0 saturated carbocycles. The summed E-state index contributed by atoms with van der Waals surface area (Å²) in [5, 5.41) is 2.64. The van der Waals surface area contributed by atoms with Gasteiger partial charge in [0, 0.05) is 19.2 Å². The summed E-state index contributed by atoms with van der Waals surface area (Å²) in [6.45, 7) is 0.984. The van der Waals surface area contributed by atoms with E-state index in [9.17, 15) is 13.6 Å². The lowest BCUT2D eigenvalue weighted by Gasteiger charge is -2.34. The second kappa shape index (κ2) is 6.85. The van der Waals surface area contributed by atoms with Gasteiger partial charge in [-0.3, -0.25) is 9.69 Å². The van der Waals surface area contributed by atoms with Gasteiger partial charge in [-0.1, -0.05) is 12.5 Å². The van der Waals surface area contributed by atoms with Crippen LogP contribution in [0.4, 0.5) is 8.78 Å². The predicted octanol–water partition coefficient (Wildman–Crippen LogP) is 2.07. The number of nitrogens with zero attached hydrogens (tertiary/aromatic N) is 1. The van der Waals surface area contributed by atoms with Crippen LogP contribution in [0.5, 0.6) is 5.75 Å². The van der Waals surface area contributed by atoms with Gasteiger partial charge in [-0.15, -0.1) is 0 Å². The van der Waals surface area contributed by atoms with Crippen LogP contribution in [0.1, 0.15) is 24.8 Å².